The third-order valence-electron chi connectivity index (χ3n) is 4.16. The van der Waals surface area contributed by atoms with Crippen LogP contribution in [-0.4, -0.2) is 34.1 Å². The molecule has 0 bridgehead atoms. The van der Waals surface area contributed by atoms with E-state index in [9.17, 15) is 24.5 Å². The van der Waals surface area contributed by atoms with Crippen LogP contribution in [0.25, 0.3) is 0 Å². The topological polar surface area (TPSA) is 135 Å². The summed E-state index contributed by atoms with van der Waals surface area (Å²) in [5.41, 5.74) is 3.83. The van der Waals surface area contributed by atoms with Crippen molar-refractivity contribution in [3.05, 3.63) is 64.1 Å². The third kappa shape index (κ3) is 4.11. The SMILES string of the molecule is O=C(NNC(=O)C1CC(=O)N(Cc2ccco2)C1)c1ccccc1[N+](=O)[O-]. The van der Waals surface area contributed by atoms with Gasteiger partial charge in [0.2, 0.25) is 11.8 Å². The molecule has 27 heavy (non-hydrogen) atoms. The Kier molecular flexibility index (Phi) is 5.15. The van der Waals surface area contributed by atoms with Gasteiger partial charge in [-0.3, -0.25) is 35.3 Å². The van der Waals surface area contributed by atoms with Gasteiger partial charge in [-0.25, -0.2) is 0 Å². The number of nitro groups is 1. The number of likely N-dealkylation sites (tertiary alicyclic amines) is 1. The number of para-hydroxylation sites is 1. The molecule has 10 heteroatoms. The largest absolute Gasteiger partial charge is 0.467 e. The normalized spacial score (nSPS) is 16.2. The lowest BCUT2D eigenvalue weighted by molar-refractivity contribution is -0.385. The van der Waals surface area contributed by atoms with Crippen molar-refractivity contribution in [1.82, 2.24) is 15.8 Å². The molecule has 10 nitrogen and oxygen atoms in total. The molecular weight excluding hydrogens is 356 g/mol. The fraction of sp³-hybridized carbons (Fsp3) is 0.235. The second kappa shape index (κ2) is 7.68. The first-order chi connectivity index (χ1) is 13.0. The first kappa shape index (κ1) is 18.1. The highest BCUT2D eigenvalue weighted by atomic mass is 16.6. The molecule has 0 spiro atoms. The average molecular weight is 372 g/mol. The molecule has 1 aliphatic rings. The molecule has 140 valence electrons. The van der Waals surface area contributed by atoms with E-state index in [1.165, 1.54) is 35.4 Å². The lowest BCUT2D eigenvalue weighted by Gasteiger charge is -2.15. The minimum Gasteiger partial charge on any atom is -0.467 e. The molecule has 3 rings (SSSR count). The molecule has 2 aromatic rings. The number of nitrogens with zero attached hydrogens (tertiary/aromatic N) is 2. The number of nitro benzene ring substituents is 1. The summed E-state index contributed by atoms with van der Waals surface area (Å²) in [4.78, 5) is 48.2. The van der Waals surface area contributed by atoms with Crippen LogP contribution in [0.2, 0.25) is 0 Å². The zero-order chi connectivity index (χ0) is 19.4. The number of hydrogen-bond acceptors (Lipinski definition) is 6. The molecule has 1 aromatic heterocycles. The number of rotatable bonds is 5. The van der Waals surface area contributed by atoms with Crippen LogP contribution in [-0.2, 0) is 16.1 Å². The minimum absolute atomic E-state index is 0.00783. The van der Waals surface area contributed by atoms with E-state index in [1.807, 2.05) is 0 Å². The Morgan fingerprint density at radius 1 is 1.22 bits per heavy atom. The summed E-state index contributed by atoms with van der Waals surface area (Å²) >= 11 is 0. The van der Waals surface area contributed by atoms with Gasteiger partial charge in [0.25, 0.3) is 11.6 Å². The monoisotopic (exact) mass is 372 g/mol. The summed E-state index contributed by atoms with van der Waals surface area (Å²) in [6.45, 7) is 0.449. The van der Waals surface area contributed by atoms with Crippen LogP contribution >= 0.6 is 0 Å². The average Bonchev–Trinajstić information content (AvgIpc) is 3.30. The summed E-state index contributed by atoms with van der Waals surface area (Å²) in [5.74, 6) is -1.59. The summed E-state index contributed by atoms with van der Waals surface area (Å²) in [5, 5.41) is 11.0. The predicted molar refractivity (Wildman–Crippen MR) is 90.9 cm³/mol. The van der Waals surface area contributed by atoms with Crippen LogP contribution in [0, 0.1) is 16.0 Å². The van der Waals surface area contributed by atoms with Crippen molar-refractivity contribution in [2.45, 2.75) is 13.0 Å². The standard InChI is InChI=1S/C17H16N4O6/c22-15-8-11(9-20(15)10-12-4-3-7-27-12)16(23)18-19-17(24)13-5-1-2-6-14(13)21(25)26/h1-7,11H,8-10H2,(H,18,23)(H,19,24). The van der Waals surface area contributed by atoms with E-state index < -0.39 is 22.7 Å². The van der Waals surface area contributed by atoms with Crippen molar-refractivity contribution in [2.75, 3.05) is 6.54 Å². The number of carbonyl (C=O) groups excluding carboxylic acids is 3. The molecule has 2 N–H and O–H groups in total. The maximum atomic E-state index is 12.2. The van der Waals surface area contributed by atoms with E-state index in [-0.39, 0.29) is 36.7 Å². The van der Waals surface area contributed by atoms with E-state index in [2.05, 4.69) is 10.9 Å². The molecule has 3 amide bonds. The van der Waals surface area contributed by atoms with Crippen molar-refractivity contribution >= 4 is 23.4 Å². The zero-order valence-electron chi connectivity index (χ0n) is 14.1. The third-order valence-corrected chi connectivity index (χ3v) is 4.16. The van der Waals surface area contributed by atoms with Gasteiger partial charge < -0.3 is 9.32 Å². The maximum Gasteiger partial charge on any atom is 0.282 e. The van der Waals surface area contributed by atoms with E-state index in [4.69, 9.17) is 4.42 Å². The smallest absolute Gasteiger partial charge is 0.282 e. The highest BCUT2D eigenvalue weighted by Gasteiger charge is 2.35. The Labute approximate surface area is 153 Å². The van der Waals surface area contributed by atoms with Crippen molar-refractivity contribution in [3.63, 3.8) is 0 Å². The molecule has 0 aliphatic carbocycles. The van der Waals surface area contributed by atoms with Crippen molar-refractivity contribution < 1.29 is 23.7 Å². The van der Waals surface area contributed by atoms with Gasteiger partial charge in [-0.2, -0.15) is 0 Å². The minimum atomic E-state index is -0.813. The maximum absolute atomic E-state index is 12.2. The summed E-state index contributed by atoms with van der Waals surface area (Å²) in [6, 6.07) is 8.83. The molecule has 2 heterocycles. The van der Waals surface area contributed by atoms with Crippen molar-refractivity contribution in [2.24, 2.45) is 5.92 Å². The van der Waals surface area contributed by atoms with Gasteiger partial charge >= 0.3 is 0 Å². The van der Waals surface area contributed by atoms with Crippen LogP contribution in [0.4, 0.5) is 5.69 Å². The first-order valence-electron chi connectivity index (χ1n) is 8.09. The van der Waals surface area contributed by atoms with Crippen LogP contribution in [0.5, 0.6) is 0 Å². The Balaban J connectivity index is 1.56. The molecule has 1 saturated heterocycles. The quantitative estimate of drug-likeness (QED) is 0.594. The fourth-order valence-electron chi connectivity index (χ4n) is 2.80. The van der Waals surface area contributed by atoms with Crippen molar-refractivity contribution in [3.8, 4) is 0 Å². The van der Waals surface area contributed by atoms with Crippen molar-refractivity contribution in [1.29, 1.82) is 0 Å². The zero-order valence-corrected chi connectivity index (χ0v) is 14.1. The Hall–Kier alpha value is -3.69. The number of hydrazine groups is 1. The molecule has 0 saturated carbocycles. The second-order valence-electron chi connectivity index (χ2n) is 5.97. The lowest BCUT2D eigenvalue weighted by Crippen LogP contribution is -2.45. The van der Waals surface area contributed by atoms with Gasteiger partial charge in [0, 0.05) is 19.0 Å². The fourth-order valence-corrected chi connectivity index (χ4v) is 2.80. The molecule has 0 radical (unpaired) electrons. The van der Waals surface area contributed by atoms with Gasteiger partial charge in [0.05, 0.1) is 23.6 Å². The Morgan fingerprint density at radius 2 is 2.00 bits per heavy atom. The second-order valence-corrected chi connectivity index (χ2v) is 5.97. The number of hydrogen-bond donors (Lipinski definition) is 2. The predicted octanol–water partition coefficient (Wildman–Crippen LogP) is 0.998. The van der Waals surface area contributed by atoms with E-state index >= 15 is 0 Å². The van der Waals surface area contributed by atoms with E-state index in [1.54, 1.807) is 12.1 Å². The highest BCUT2D eigenvalue weighted by Crippen LogP contribution is 2.21. The van der Waals surface area contributed by atoms with Gasteiger partial charge in [-0.15, -0.1) is 0 Å². The number of furan rings is 1. The number of benzene rings is 1. The van der Waals surface area contributed by atoms with E-state index in [0.29, 0.717) is 5.76 Å². The summed E-state index contributed by atoms with van der Waals surface area (Å²) < 4.78 is 5.19. The molecule has 1 aliphatic heterocycles. The summed E-state index contributed by atoms with van der Waals surface area (Å²) in [6.07, 6.45) is 1.51. The van der Waals surface area contributed by atoms with Crippen LogP contribution < -0.4 is 10.9 Å². The molecule has 1 aromatic carbocycles. The van der Waals surface area contributed by atoms with Crippen LogP contribution in [0.3, 0.4) is 0 Å². The number of carbonyl (C=O) groups is 3. The van der Waals surface area contributed by atoms with Gasteiger partial charge in [0.1, 0.15) is 11.3 Å². The van der Waals surface area contributed by atoms with Gasteiger partial charge in [-0.1, -0.05) is 12.1 Å². The van der Waals surface area contributed by atoms with Gasteiger partial charge in [-0.05, 0) is 18.2 Å². The molecular formula is C17H16N4O6. The number of amides is 3. The van der Waals surface area contributed by atoms with Crippen LogP contribution in [0.1, 0.15) is 22.5 Å². The molecule has 1 atom stereocenters. The number of nitrogens with one attached hydrogen (secondary N) is 2. The molecule has 1 unspecified atom stereocenters. The van der Waals surface area contributed by atoms with E-state index in [0.717, 1.165) is 0 Å². The molecule has 1 fully saturated rings. The Bertz CT molecular complexity index is 879. The Morgan fingerprint density at radius 3 is 2.70 bits per heavy atom. The van der Waals surface area contributed by atoms with Gasteiger partial charge in [0.15, 0.2) is 0 Å². The first-order valence-corrected chi connectivity index (χ1v) is 8.09. The highest BCUT2D eigenvalue weighted by molar-refractivity contribution is 5.99. The van der Waals surface area contributed by atoms with Crippen LogP contribution in [0.15, 0.2) is 47.1 Å². The summed E-state index contributed by atoms with van der Waals surface area (Å²) in [7, 11) is 0. The lowest BCUT2D eigenvalue weighted by atomic mass is 10.1.